The minimum Gasteiger partial charge on any atom is -0.392 e. The van der Waals surface area contributed by atoms with E-state index >= 15 is 0 Å². The van der Waals surface area contributed by atoms with Gasteiger partial charge in [-0.15, -0.1) is 0 Å². The lowest BCUT2D eigenvalue weighted by Crippen LogP contribution is -2.20. The first-order valence-electron chi connectivity index (χ1n) is 7.92. The average Bonchev–Trinajstić information content (AvgIpc) is 2.83. The van der Waals surface area contributed by atoms with Crippen LogP contribution in [0.25, 0.3) is 0 Å². The Morgan fingerprint density at radius 3 is 2.86 bits per heavy atom. The molecule has 1 saturated carbocycles. The Kier molecular flexibility index (Phi) is 3.26. The fourth-order valence-electron chi connectivity index (χ4n) is 3.60. The second-order valence-electron chi connectivity index (χ2n) is 6.26. The molecule has 1 heterocycles. The molecule has 4 rings (SSSR count). The summed E-state index contributed by atoms with van der Waals surface area (Å²) in [5.74, 6) is 1.69. The molecule has 1 fully saturated rings. The van der Waals surface area contributed by atoms with Gasteiger partial charge in [-0.1, -0.05) is 48.7 Å². The summed E-state index contributed by atoms with van der Waals surface area (Å²) in [7, 11) is 0. The third kappa shape index (κ3) is 2.27. The Morgan fingerprint density at radius 1 is 1.10 bits per heavy atom. The summed E-state index contributed by atoms with van der Waals surface area (Å²) >= 11 is 0. The molecular formula is C17H20N2O2. The normalized spacial score (nSPS) is 28.5. The van der Waals surface area contributed by atoms with E-state index in [1.807, 2.05) is 0 Å². The van der Waals surface area contributed by atoms with E-state index in [4.69, 9.17) is 4.52 Å². The molecule has 21 heavy (non-hydrogen) atoms. The largest absolute Gasteiger partial charge is 0.392 e. The molecule has 3 unspecified atom stereocenters. The van der Waals surface area contributed by atoms with E-state index in [2.05, 4.69) is 34.4 Å². The monoisotopic (exact) mass is 284 g/mol. The van der Waals surface area contributed by atoms with Crippen molar-refractivity contribution in [3.63, 3.8) is 0 Å². The van der Waals surface area contributed by atoms with E-state index in [1.165, 1.54) is 17.5 Å². The molecule has 4 nitrogen and oxygen atoms in total. The first kappa shape index (κ1) is 13.0. The molecular weight excluding hydrogens is 264 g/mol. The number of fused-ring (bicyclic) bond motifs is 1. The van der Waals surface area contributed by atoms with Gasteiger partial charge in [0.25, 0.3) is 0 Å². The fourth-order valence-corrected chi connectivity index (χ4v) is 3.60. The van der Waals surface area contributed by atoms with E-state index in [1.54, 1.807) is 0 Å². The lowest BCUT2D eigenvalue weighted by Gasteiger charge is -2.27. The predicted octanol–water partition coefficient (Wildman–Crippen LogP) is 3.17. The van der Waals surface area contributed by atoms with Crippen molar-refractivity contribution in [3.05, 3.63) is 47.1 Å². The summed E-state index contributed by atoms with van der Waals surface area (Å²) in [6, 6.07) is 8.42. The lowest BCUT2D eigenvalue weighted by atomic mass is 9.77. The Balaban J connectivity index is 1.56. The van der Waals surface area contributed by atoms with Gasteiger partial charge in [0.1, 0.15) is 0 Å². The topological polar surface area (TPSA) is 59.2 Å². The molecule has 0 bridgehead atoms. The quantitative estimate of drug-likeness (QED) is 0.861. The summed E-state index contributed by atoms with van der Waals surface area (Å²) in [4.78, 5) is 4.61. The summed E-state index contributed by atoms with van der Waals surface area (Å²) in [6.45, 7) is 0. The Hall–Kier alpha value is -1.68. The van der Waals surface area contributed by atoms with Crippen LogP contribution in [0.3, 0.4) is 0 Å². The number of aliphatic hydroxyl groups excluding tert-OH is 1. The van der Waals surface area contributed by atoms with Gasteiger partial charge in [-0.05, 0) is 30.4 Å². The second-order valence-corrected chi connectivity index (χ2v) is 6.26. The molecule has 110 valence electrons. The van der Waals surface area contributed by atoms with Gasteiger partial charge < -0.3 is 9.63 Å². The molecule has 0 aliphatic heterocycles. The molecule has 2 aliphatic carbocycles. The number of hydrogen-bond donors (Lipinski definition) is 1. The molecule has 3 atom stereocenters. The fraction of sp³-hybridized carbons (Fsp3) is 0.529. The minimum atomic E-state index is -0.338. The number of nitrogens with zero attached hydrogens (tertiary/aromatic N) is 2. The molecule has 2 aromatic rings. The van der Waals surface area contributed by atoms with Crippen LogP contribution in [0.4, 0.5) is 0 Å². The van der Waals surface area contributed by atoms with Crippen LogP contribution in [0, 0.1) is 0 Å². The highest BCUT2D eigenvalue weighted by Crippen LogP contribution is 2.39. The summed E-state index contributed by atoms with van der Waals surface area (Å²) in [6.07, 6.45) is 5.85. The van der Waals surface area contributed by atoms with E-state index in [9.17, 15) is 5.11 Å². The highest BCUT2D eigenvalue weighted by Gasteiger charge is 2.33. The molecule has 1 N–H and O–H groups in total. The van der Waals surface area contributed by atoms with Crippen molar-refractivity contribution < 1.29 is 9.63 Å². The summed E-state index contributed by atoms with van der Waals surface area (Å²) in [5.41, 5.74) is 2.69. The van der Waals surface area contributed by atoms with Crippen molar-refractivity contribution >= 4 is 0 Å². The zero-order valence-corrected chi connectivity index (χ0v) is 12.0. The van der Waals surface area contributed by atoms with Crippen LogP contribution in [-0.2, 0) is 6.42 Å². The lowest BCUT2D eigenvalue weighted by molar-refractivity contribution is 0.119. The van der Waals surface area contributed by atoms with Crippen LogP contribution in [0.15, 0.2) is 28.8 Å². The molecule has 0 amide bonds. The Morgan fingerprint density at radius 2 is 1.95 bits per heavy atom. The third-order valence-electron chi connectivity index (χ3n) is 4.92. The molecule has 4 heteroatoms. The maximum atomic E-state index is 10.3. The van der Waals surface area contributed by atoms with Crippen LogP contribution in [0.1, 0.15) is 66.8 Å². The van der Waals surface area contributed by atoms with Crippen LogP contribution >= 0.6 is 0 Å². The first-order chi connectivity index (χ1) is 10.3. The van der Waals surface area contributed by atoms with Crippen LogP contribution < -0.4 is 0 Å². The second kappa shape index (κ2) is 5.26. The molecule has 1 aromatic heterocycles. The van der Waals surface area contributed by atoms with E-state index in [0.717, 1.165) is 37.9 Å². The first-order valence-corrected chi connectivity index (χ1v) is 7.92. The molecule has 0 radical (unpaired) electrons. The molecule has 0 saturated heterocycles. The maximum Gasteiger partial charge on any atom is 0.232 e. The van der Waals surface area contributed by atoms with Gasteiger partial charge in [0.15, 0.2) is 5.82 Å². The van der Waals surface area contributed by atoms with Gasteiger partial charge in [0, 0.05) is 0 Å². The minimum absolute atomic E-state index is 0.0177. The number of aliphatic hydroxyl groups is 1. The summed E-state index contributed by atoms with van der Waals surface area (Å²) in [5, 5.41) is 14.4. The Labute approximate surface area is 124 Å². The van der Waals surface area contributed by atoms with Gasteiger partial charge in [-0.25, -0.2) is 0 Å². The van der Waals surface area contributed by atoms with E-state index in [-0.39, 0.29) is 17.9 Å². The van der Waals surface area contributed by atoms with Gasteiger partial charge in [-0.3, -0.25) is 0 Å². The average molecular weight is 284 g/mol. The smallest absolute Gasteiger partial charge is 0.232 e. The summed E-state index contributed by atoms with van der Waals surface area (Å²) < 4.78 is 5.48. The number of hydrogen-bond acceptors (Lipinski definition) is 4. The molecule has 0 spiro atoms. The van der Waals surface area contributed by atoms with Gasteiger partial charge >= 0.3 is 0 Å². The van der Waals surface area contributed by atoms with E-state index < -0.39 is 0 Å². The third-order valence-corrected chi connectivity index (χ3v) is 4.92. The highest BCUT2D eigenvalue weighted by atomic mass is 16.5. The molecule has 2 aliphatic rings. The highest BCUT2D eigenvalue weighted by molar-refractivity contribution is 5.43. The van der Waals surface area contributed by atoms with Crippen LogP contribution in [0.2, 0.25) is 0 Å². The van der Waals surface area contributed by atoms with Crippen LogP contribution in [-0.4, -0.2) is 21.4 Å². The van der Waals surface area contributed by atoms with Crippen molar-refractivity contribution in [2.24, 2.45) is 0 Å². The van der Waals surface area contributed by atoms with Gasteiger partial charge in [0.2, 0.25) is 5.89 Å². The van der Waals surface area contributed by atoms with E-state index in [0.29, 0.717) is 5.89 Å². The van der Waals surface area contributed by atoms with Crippen molar-refractivity contribution in [1.82, 2.24) is 10.1 Å². The van der Waals surface area contributed by atoms with Gasteiger partial charge in [-0.2, -0.15) is 4.98 Å². The predicted molar refractivity (Wildman–Crippen MR) is 78.1 cm³/mol. The number of rotatable bonds is 2. The Bertz CT molecular complexity index is 637. The zero-order chi connectivity index (χ0) is 14.2. The number of benzene rings is 1. The standard InChI is InChI=1S/C17H20N2O2/c20-15-9-3-1-2-8-13(15)17-18-16(19-21-17)14-10-11-6-4-5-7-12(11)14/h4-7,13-15,20H,1-3,8-10H2. The van der Waals surface area contributed by atoms with Crippen LogP contribution in [0.5, 0.6) is 0 Å². The van der Waals surface area contributed by atoms with Crippen molar-refractivity contribution in [1.29, 1.82) is 0 Å². The number of aromatic nitrogens is 2. The van der Waals surface area contributed by atoms with Gasteiger partial charge in [0.05, 0.1) is 17.9 Å². The SMILES string of the molecule is OC1CCCCCC1c1nc(C2Cc3ccccc32)no1. The zero-order valence-electron chi connectivity index (χ0n) is 12.0. The molecule has 1 aromatic carbocycles. The van der Waals surface area contributed by atoms with Crippen molar-refractivity contribution in [2.45, 2.75) is 56.5 Å². The van der Waals surface area contributed by atoms with Crippen molar-refractivity contribution in [3.8, 4) is 0 Å². The maximum absolute atomic E-state index is 10.3. The van der Waals surface area contributed by atoms with Crippen molar-refractivity contribution in [2.75, 3.05) is 0 Å².